The molecule has 0 aliphatic carbocycles. The third-order valence-electron chi connectivity index (χ3n) is 3.32. The number of carboxylic acid groups (broad SMARTS) is 1. The molecule has 0 aliphatic rings. The van der Waals surface area contributed by atoms with Gasteiger partial charge >= 0.3 is 5.97 Å². The van der Waals surface area contributed by atoms with E-state index in [9.17, 15) is 9.59 Å². The topological polar surface area (TPSA) is 93.5 Å². The molecule has 0 saturated carbocycles. The molecular formula is C15H16BrN3O4. The van der Waals surface area contributed by atoms with E-state index in [-0.39, 0.29) is 6.54 Å². The molecule has 0 fully saturated rings. The number of carbonyl (C=O) groups is 2. The van der Waals surface area contributed by atoms with Crippen molar-refractivity contribution in [3.05, 3.63) is 46.2 Å². The fraction of sp³-hybridized carbons (Fsp3) is 0.267. The van der Waals surface area contributed by atoms with Gasteiger partial charge in [0.1, 0.15) is 0 Å². The number of hydrogen-bond acceptors (Lipinski definition) is 4. The highest BCUT2D eigenvalue weighted by molar-refractivity contribution is 9.10. The van der Waals surface area contributed by atoms with Gasteiger partial charge in [-0.25, -0.2) is 9.48 Å². The Labute approximate surface area is 141 Å². The SMILES string of the molecule is COC(CNC(=O)c1cnn(-c2cccc(Br)c2)c1C)C(=O)O. The lowest BCUT2D eigenvalue weighted by atomic mass is 10.2. The molecule has 0 spiro atoms. The molecule has 7 nitrogen and oxygen atoms in total. The van der Waals surface area contributed by atoms with Crippen molar-refractivity contribution in [3.63, 3.8) is 0 Å². The number of methoxy groups -OCH3 is 1. The van der Waals surface area contributed by atoms with E-state index in [2.05, 4.69) is 26.3 Å². The van der Waals surface area contributed by atoms with Gasteiger partial charge in [-0.1, -0.05) is 22.0 Å². The van der Waals surface area contributed by atoms with Crippen LogP contribution >= 0.6 is 15.9 Å². The van der Waals surface area contributed by atoms with Gasteiger partial charge in [-0.05, 0) is 25.1 Å². The molecule has 0 aliphatic heterocycles. The minimum absolute atomic E-state index is 0.119. The second-order valence-electron chi connectivity index (χ2n) is 4.81. The van der Waals surface area contributed by atoms with Crippen LogP contribution in [0.4, 0.5) is 0 Å². The van der Waals surface area contributed by atoms with E-state index in [4.69, 9.17) is 9.84 Å². The highest BCUT2D eigenvalue weighted by Crippen LogP contribution is 2.18. The number of nitrogens with one attached hydrogen (secondary N) is 1. The number of ether oxygens (including phenoxy) is 1. The van der Waals surface area contributed by atoms with Gasteiger partial charge in [0.25, 0.3) is 5.91 Å². The van der Waals surface area contributed by atoms with Crippen LogP contribution in [0.3, 0.4) is 0 Å². The summed E-state index contributed by atoms with van der Waals surface area (Å²) in [6.45, 7) is 1.65. The molecular weight excluding hydrogens is 366 g/mol. The van der Waals surface area contributed by atoms with Gasteiger partial charge in [-0.2, -0.15) is 5.10 Å². The Morgan fingerprint density at radius 1 is 1.48 bits per heavy atom. The first-order valence-electron chi connectivity index (χ1n) is 6.78. The summed E-state index contributed by atoms with van der Waals surface area (Å²) in [4.78, 5) is 23.1. The highest BCUT2D eigenvalue weighted by Gasteiger charge is 2.20. The van der Waals surface area contributed by atoms with Crippen LogP contribution in [0.5, 0.6) is 0 Å². The van der Waals surface area contributed by atoms with Gasteiger partial charge in [0, 0.05) is 11.6 Å². The third kappa shape index (κ3) is 3.96. The van der Waals surface area contributed by atoms with Gasteiger partial charge in [0.2, 0.25) is 0 Å². The molecule has 2 aromatic rings. The number of aliphatic carboxylic acids is 1. The summed E-state index contributed by atoms with van der Waals surface area (Å²) in [5, 5.41) is 15.7. The summed E-state index contributed by atoms with van der Waals surface area (Å²) in [5.74, 6) is -1.53. The third-order valence-corrected chi connectivity index (χ3v) is 3.81. The molecule has 8 heteroatoms. The summed E-state index contributed by atoms with van der Waals surface area (Å²) in [7, 11) is 1.28. The number of benzene rings is 1. The number of nitrogens with zero attached hydrogens (tertiary/aromatic N) is 2. The fourth-order valence-electron chi connectivity index (χ4n) is 2.05. The van der Waals surface area contributed by atoms with Crippen LogP contribution in [0, 0.1) is 6.92 Å². The largest absolute Gasteiger partial charge is 0.479 e. The molecule has 1 aromatic heterocycles. The molecule has 1 unspecified atom stereocenters. The maximum Gasteiger partial charge on any atom is 0.334 e. The van der Waals surface area contributed by atoms with E-state index in [0.717, 1.165) is 10.2 Å². The number of carboxylic acids is 1. The molecule has 2 N–H and O–H groups in total. The van der Waals surface area contributed by atoms with E-state index < -0.39 is 18.0 Å². The molecule has 0 radical (unpaired) electrons. The van der Waals surface area contributed by atoms with Crippen molar-refractivity contribution in [3.8, 4) is 5.69 Å². The van der Waals surface area contributed by atoms with Gasteiger partial charge in [-0.3, -0.25) is 4.79 Å². The van der Waals surface area contributed by atoms with Gasteiger partial charge in [0.15, 0.2) is 6.10 Å². The second kappa shape index (κ2) is 7.38. The van der Waals surface area contributed by atoms with Crippen molar-refractivity contribution in [2.24, 2.45) is 0 Å². The van der Waals surface area contributed by atoms with Crippen LogP contribution in [0.1, 0.15) is 16.1 Å². The Kier molecular flexibility index (Phi) is 5.51. The molecule has 23 heavy (non-hydrogen) atoms. The number of hydrogen-bond donors (Lipinski definition) is 2. The maximum atomic E-state index is 12.2. The smallest absolute Gasteiger partial charge is 0.334 e. The molecule has 0 saturated heterocycles. The minimum atomic E-state index is -1.13. The summed E-state index contributed by atoms with van der Waals surface area (Å²) < 4.78 is 7.32. The second-order valence-corrected chi connectivity index (χ2v) is 5.72. The van der Waals surface area contributed by atoms with E-state index in [1.807, 2.05) is 24.3 Å². The summed E-state index contributed by atoms with van der Waals surface area (Å²) in [6, 6.07) is 7.52. The van der Waals surface area contributed by atoms with Crippen LogP contribution in [-0.4, -0.2) is 46.5 Å². The molecule has 1 heterocycles. The van der Waals surface area contributed by atoms with Crippen LogP contribution < -0.4 is 5.32 Å². The molecule has 1 atom stereocenters. The lowest BCUT2D eigenvalue weighted by molar-refractivity contribution is -0.148. The van der Waals surface area contributed by atoms with Gasteiger partial charge in [-0.15, -0.1) is 0 Å². The van der Waals surface area contributed by atoms with Crippen molar-refractivity contribution in [2.45, 2.75) is 13.0 Å². The Morgan fingerprint density at radius 3 is 2.83 bits per heavy atom. The molecule has 0 bridgehead atoms. The summed E-state index contributed by atoms with van der Waals surface area (Å²) in [6.07, 6.45) is 0.369. The lowest BCUT2D eigenvalue weighted by Crippen LogP contribution is -2.37. The van der Waals surface area contributed by atoms with Crippen LogP contribution in [-0.2, 0) is 9.53 Å². The van der Waals surface area contributed by atoms with Crippen LogP contribution in [0.2, 0.25) is 0 Å². The van der Waals surface area contributed by atoms with E-state index >= 15 is 0 Å². The highest BCUT2D eigenvalue weighted by atomic mass is 79.9. The van der Waals surface area contributed by atoms with Gasteiger partial charge < -0.3 is 15.2 Å². The quantitative estimate of drug-likeness (QED) is 0.795. The summed E-state index contributed by atoms with van der Waals surface area (Å²) >= 11 is 3.39. The number of rotatable bonds is 6. The number of halogens is 1. The zero-order chi connectivity index (χ0) is 17.0. The Morgan fingerprint density at radius 2 is 2.22 bits per heavy atom. The number of carbonyl (C=O) groups excluding carboxylic acids is 1. The molecule has 1 amide bonds. The lowest BCUT2D eigenvalue weighted by Gasteiger charge is -2.11. The first-order valence-corrected chi connectivity index (χ1v) is 7.57. The van der Waals surface area contributed by atoms with Crippen LogP contribution in [0.15, 0.2) is 34.9 Å². The molecule has 2 rings (SSSR count). The summed E-state index contributed by atoms with van der Waals surface area (Å²) in [5.41, 5.74) is 1.85. The zero-order valence-electron chi connectivity index (χ0n) is 12.6. The zero-order valence-corrected chi connectivity index (χ0v) is 14.2. The standard InChI is InChI=1S/C15H16BrN3O4/c1-9-12(14(20)17-8-13(23-2)15(21)22)7-18-19(9)11-5-3-4-10(16)6-11/h3-7,13H,8H2,1-2H3,(H,17,20)(H,21,22). The Hall–Kier alpha value is -2.19. The van der Waals surface area contributed by atoms with Crippen molar-refractivity contribution < 1.29 is 19.4 Å². The maximum absolute atomic E-state index is 12.2. The Bertz CT molecular complexity index is 729. The van der Waals surface area contributed by atoms with Crippen molar-refractivity contribution in [1.82, 2.24) is 15.1 Å². The van der Waals surface area contributed by atoms with Crippen molar-refractivity contribution >= 4 is 27.8 Å². The first kappa shape index (κ1) is 17.2. The number of aromatic nitrogens is 2. The normalized spacial score (nSPS) is 12.0. The predicted molar refractivity (Wildman–Crippen MR) is 86.8 cm³/mol. The van der Waals surface area contributed by atoms with Crippen molar-refractivity contribution in [2.75, 3.05) is 13.7 Å². The van der Waals surface area contributed by atoms with E-state index in [1.54, 1.807) is 11.6 Å². The van der Waals surface area contributed by atoms with E-state index in [1.165, 1.54) is 13.3 Å². The Balaban J connectivity index is 2.15. The average molecular weight is 382 g/mol. The monoisotopic (exact) mass is 381 g/mol. The molecule has 1 aromatic carbocycles. The average Bonchev–Trinajstić information content (AvgIpc) is 2.89. The minimum Gasteiger partial charge on any atom is -0.479 e. The molecule has 122 valence electrons. The first-order chi connectivity index (χ1) is 10.9. The fourth-order valence-corrected chi connectivity index (χ4v) is 2.44. The van der Waals surface area contributed by atoms with Crippen molar-refractivity contribution in [1.29, 1.82) is 0 Å². The van der Waals surface area contributed by atoms with E-state index in [0.29, 0.717) is 11.3 Å². The van der Waals surface area contributed by atoms with Crippen LogP contribution in [0.25, 0.3) is 5.69 Å². The predicted octanol–water partition coefficient (Wildman–Crippen LogP) is 1.77. The van der Waals surface area contributed by atoms with Gasteiger partial charge in [0.05, 0.1) is 29.7 Å². The number of amides is 1.